The van der Waals surface area contributed by atoms with Crippen molar-refractivity contribution in [2.45, 2.75) is 20.8 Å². The molecule has 0 aliphatic carbocycles. The second-order valence-corrected chi connectivity index (χ2v) is 7.40. The van der Waals surface area contributed by atoms with Crippen LogP contribution in [-0.2, 0) is 0 Å². The summed E-state index contributed by atoms with van der Waals surface area (Å²) in [4.78, 5) is 31.4. The minimum absolute atomic E-state index is 0.193. The Bertz CT molecular complexity index is 1180. The van der Waals surface area contributed by atoms with E-state index in [4.69, 9.17) is 9.47 Å². The highest BCUT2D eigenvalue weighted by Gasteiger charge is 2.30. The maximum Gasteiger partial charge on any atom is 0.345 e. The largest absolute Gasteiger partial charge is 0.452 e. The number of carbonyl (C=O) groups excluding carboxylic acids is 2. The van der Waals surface area contributed by atoms with Crippen LogP contribution in [0.5, 0.6) is 11.5 Å². The van der Waals surface area contributed by atoms with Crippen LogP contribution in [0.4, 0.5) is 5.69 Å². The van der Waals surface area contributed by atoms with Crippen LogP contribution in [0.2, 0.25) is 0 Å². The fourth-order valence-electron chi connectivity index (χ4n) is 3.64. The third-order valence-corrected chi connectivity index (χ3v) is 5.46. The molecule has 0 fully saturated rings. The quantitative estimate of drug-likeness (QED) is 0.310. The number of pyridine rings is 1. The second-order valence-electron chi connectivity index (χ2n) is 7.40. The fraction of sp³-hybridized carbons (Fsp3) is 0.192. The number of ketones is 1. The van der Waals surface area contributed by atoms with Crippen LogP contribution in [0.15, 0.2) is 66.7 Å². The molecule has 0 saturated carbocycles. The summed E-state index contributed by atoms with van der Waals surface area (Å²) in [6, 6.07) is 14.5. The van der Waals surface area contributed by atoms with Gasteiger partial charge in [-0.25, -0.2) is 4.79 Å². The first-order valence-corrected chi connectivity index (χ1v) is 10.6. The molecule has 0 bridgehead atoms. The Morgan fingerprint density at radius 2 is 1.84 bits per heavy atom. The molecule has 0 unspecified atom stereocenters. The van der Waals surface area contributed by atoms with Gasteiger partial charge >= 0.3 is 5.97 Å². The number of carbonyl (C=O) groups is 2. The highest BCUT2D eigenvalue weighted by molar-refractivity contribution is 6.15. The van der Waals surface area contributed by atoms with Gasteiger partial charge in [0.1, 0.15) is 11.5 Å². The highest BCUT2D eigenvalue weighted by Crippen LogP contribution is 2.39. The Balaban J connectivity index is 1.56. The molecule has 1 aromatic heterocycles. The van der Waals surface area contributed by atoms with E-state index in [9.17, 15) is 9.59 Å². The van der Waals surface area contributed by atoms with Crippen LogP contribution in [0, 0.1) is 6.92 Å². The molecule has 0 atom stereocenters. The molecule has 4 rings (SSSR count). The first-order chi connectivity index (χ1) is 15.5. The zero-order chi connectivity index (χ0) is 22.7. The molecule has 0 radical (unpaired) electrons. The number of hydrogen-bond acceptors (Lipinski definition) is 6. The van der Waals surface area contributed by atoms with Crippen molar-refractivity contribution in [3.63, 3.8) is 0 Å². The number of nitrogens with zero attached hydrogens (tertiary/aromatic N) is 2. The van der Waals surface area contributed by atoms with E-state index in [2.05, 4.69) is 23.7 Å². The smallest absolute Gasteiger partial charge is 0.345 e. The third-order valence-electron chi connectivity index (χ3n) is 5.46. The van der Waals surface area contributed by atoms with Gasteiger partial charge in [0.2, 0.25) is 5.78 Å². The minimum Gasteiger partial charge on any atom is -0.452 e. The lowest BCUT2D eigenvalue weighted by atomic mass is 10.1. The molecule has 0 spiro atoms. The van der Waals surface area contributed by atoms with Gasteiger partial charge in [0, 0.05) is 36.7 Å². The highest BCUT2D eigenvalue weighted by atomic mass is 16.5. The zero-order valence-corrected chi connectivity index (χ0v) is 18.3. The predicted molar refractivity (Wildman–Crippen MR) is 123 cm³/mol. The Morgan fingerprint density at radius 3 is 2.50 bits per heavy atom. The van der Waals surface area contributed by atoms with E-state index in [1.807, 2.05) is 24.3 Å². The van der Waals surface area contributed by atoms with Crippen molar-refractivity contribution < 1.29 is 19.1 Å². The van der Waals surface area contributed by atoms with E-state index in [-0.39, 0.29) is 11.5 Å². The van der Waals surface area contributed by atoms with Crippen molar-refractivity contribution in [3.05, 3.63) is 88.9 Å². The molecular weight excluding hydrogens is 404 g/mol. The van der Waals surface area contributed by atoms with Crippen LogP contribution in [0.3, 0.4) is 0 Å². The first-order valence-electron chi connectivity index (χ1n) is 10.6. The number of aromatic nitrogens is 1. The van der Waals surface area contributed by atoms with E-state index < -0.39 is 5.97 Å². The van der Waals surface area contributed by atoms with Gasteiger partial charge in [0.15, 0.2) is 5.76 Å². The van der Waals surface area contributed by atoms with Crippen LogP contribution in [-0.4, -0.2) is 29.8 Å². The lowest BCUT2D eigenvalue weighted by molar-refractivity contribution is 0.0732. The summed E-state index contributed by atoms with van der Waals surface area (Å²) in [6.07, 6.45) is 4.76. The van der Waals surface area contributed by atoms with Gasteiger partial charge in [-0.2, -0.15) is 0 Å². The van der Waals surface area contributed by atoms with Crippen LogP contribution >= 0.6 is 0 Å². The average molecular weight is 428 g/mol. The van der Waals surface area contributed by atoms with E-state index in [1.165, 1.54) is 6.20 Å². The Kier molecular flexibility index (Phi) is 6.03. The van der Waals surface area contributed by atoms with Crippen molar-refractivity contribution in [2.75, 3.05) is 18.0 Å². The molecule has 2 aromatic carbocycles. The number of hydrogen-bond donors (Lipinski definition) is 0. The fourth-order valence-corrected chi connectivity index (χ4v) is 3.64. The molecular formula is C26H24N2O4. The van der Waals surface area contributed by atoms with Gasteiger partial charge in [-0.3, -0.25) is 9.78 Å². The topological polar surface area (TPSA) is 68.7 Å². The zero-order valence-electron chi connectivity index (χ0n) is 18.3. The summed E-state index contributed by atoms with van der Waals surface area (Å²) >= 11 is 0. The van der Waals surface area contributed by atoms with Crippen molar-refractivity contribution >= 4 is 23.5 Å². The van der Waals surface area contributed by atoms with Crippen LogP contribution < -0.4 is 14.4 Å². The Morgan fingerprint density at radius 1 is 1.09 bits per heavy atom. The van der Waals surface area contributed by atoms with Crippen molar-refractivity contribution in [1.29, 1.82) is 0 Å². The van der Waals surface area contributed by atoms with Gasteiger partial charge in [-0.15, -0.1) is 0 Å². The molecule has 1 aliphatic heterocycles. The molecule has 2 heterocycles. The summed E-state index contributed by atoms with van der Waals surface area (Å²) in [5.74, 6) is 0.290. The molecule has 6 heteroatoms. The van der Waals surface area contributed by atoms with Gasteiger partial charge in [-0.1, -0.05) is 12.1 Å². The SMILES string of the molecule is CCN(CC)c1ccc(/C=C2\Oc3c(ccc(OC(=O)c4cccnc4)c3C)C2=O)cc1. The van der Waals surface area contributed by atoms with Gasteiger partial charge in [0.25, 0.3) is 0 Å². The number of rotatable bonds is 6. The molecule has 32 heavy (non-hydrogen) atoms. The molecule has 162 valence electrons. The lowest BCUT2D eigenvalue weighted by Gasteiger charge is -2.20. The maximum absolute atomic E-state index is 12.9. The number of allylic oxidation sites excluding steroid dienone is 1. The number of esters is 1. The number of benzene rings is 2. The molecule has 0 amide bonds. The van der Waals surface area contributed by atoms with E-state index in [0.717, 1.165) is 24.3 Å². The first kappa shape index (κ1) is 21.3. The molecule has 1 aliphatic rings. The molecule has 6 nitrogen and oxygen atoms in total. The second kappa shape index (κ2) is 9.06. The number of Topliss-reactive ketones (excluding diaryl/α,β-unsaturated/α-hetero) is 1. The van der Waals surface area contributed by atoms with Gasteiger partial charge in [-0.05, 0) is 68.8 Å². The lowest BCUT2D eigenvalue weighted by Crippen LogP contribution is -2.21. The van der Waals surface area contributed by atoms with Gasteiger partial charge in [0.05, 0.1) is 11.1 Å². The monoisotopic (exact) mass is 428 g/mol. The van der Waals surface area contributed by atoms with E-state index in [1.54, 1.807) is 43.5 Å². The van der Waals surface area contributed by atoms with Crippen LogP contribution in [0.25, 0.3) is 6.08 Å². The molecule has 3 aromatic rings. The summed E-state index contributed by atoms with van der Waals surface area (Å²) < 4.78 is 11.4. The number of anilines is 1. The summed E-state index contributed by atoms with van der Waals surface area (Å²) in [5, 5.41) is 0. The normalized spacial score (nSPS) is 13.6. The predicted octanol–water partition coefficient (Wildman–Crippen LogP) is 5.07. The summed E-state index contributed by atoms with van der Waals surface area (Å²) in [7, 11) is 0. The number of fused-ring (bicyclic) bond motifs is 1. The minimum atomic E-state index is -0.519. The third kappa shape index (κ3) is 4.12. The van der Waals surface area contributed by atoms with E-state index in [0.29, 0.717) is 28.2 Å². The maximum atomic E-state index is 12.9. The standard InChI is InChI=1S/C26H24N2O4/c1-4-28(5-2)20-10-8-18(9-11-20)15-23-24(29)21-12-13-22(17(3)25(21)31-23)32-26(30)19-7-6-14-27-16-19/h6-16H,4-5H2,1-3H3/b23-15-. The number of ether oxygens (including phenoxy) is 2. The van der Waals surface area contributed by atoms with Crippen molar-refractivity contribution in [2.24, 2.45) is 0 Å². The van der Waals surface area contributed by atoms with Crippen LogP contribution in [0.1, 0.15) is 45.7 Å². The van der Waals surface area contributed by atoms with Gasteiger partial charge < -0.3 is 14.4 Å². The Hall–Kier alpha value is -3.93. The van der Waals surface area contributed by atoms with Crippen molar-refractivity contribution in [3.8, 4) is 11.5 Å². The summed E-state index contributed by atoms with van der Waals surface area (Å²) in [6.45, 7) is 7.86. The average Bonchev–Trinajstić information content (AvgIpc) is 3.14. The molecule has 0 saturated heterocycles. The molecule has 0 N–H and O–H groups in total. The van der Waals surface area contributed by atoms with E-state index >= 15 is 0 Å². The Labute approximate surface area is 187 Å². The summed E-state index contributed by atoms with van der Waals surface area (Å²) in [5.41, 5.74) is 3.40. The van der Waals surface area contributed by atoms with Crippen molar-refractivity contribution in [1.82, 2.24) is 4.98 Å².